The Labute approximate surface area is 117 Å². The van der Waals surface area contributed by atoms with Crippen LogP contribution >= 0.6 is 11.3 Å². The minimum atomic E-state index is 0.360. The number of rotatable bonds is 6. The molecule has 0 amide bonds. The van der Waals surface area contributed by atoms with E-state index in [0.717, 1.165) is 30.3 Å². The molecular weight excluding hydrogens is 258 g/mol. The number of hydrogen-bond donors (Lipinski definition) is 2. The zero-order chi connectivity index (χ0) is 13.7. The van der Waals surface area contributed by atoms with Gasteiger partial charge in [0.1, 0.15) is 18.0 Å². The summed E-state index contributed by atoms with van der Waals surface area (Å²) in [5, 5.41) is 6.67. The van der Waals surface area contributed by atoms with E-state index in [-0.39, 0.29) is 0 Å². The van der Waals surface area contributed by atoms with Gasteiger partial charge < -0.3 is 10.6 Å². The van der Waals surface area contributed by atoms with Gasteiger partial charge in [0.15, 0.2) is 0 Å². The van der Waals surface area contributed by atoms with Crippen molar-refractivity contribution in [3.8, 4) is 0 Å². The zero-order valence-corrected chi connectivity index (χ0v) is 12.3. The van der Waals surface area contributed by atoms with Crippen molar-refractivity contribution in [3.05, 3.63) is 28.5 Å². The summed E-state index contributed by atoms with van der Waals surface area (Å²) in [6.45, 7) is 7.96. The quantitative estimate of drug-likeness (QED) is 0.849. The monoisotopic (exact) mass is 277 g/mol. The van der Waals surface area contributed by atoms with E-state index in [1.54, 1.807) is 17.7 Å². The highest BCUT2D eigenvalue weighted by atomic mass is 32.1. The Morgan fingerprint density at radius 2 is 1.95 bits per heavy atom. The van der Waals surface area contributed by atoms with Crippen molar-refractivity contribution in [3.63, 3.8) is 0 Å². The van der Waals surface area contributed by atoms with Gasteiger partial charge in [-0.1, -0.05) is 13.8 Å². The smallest absolute Gasteiger partial charge is 0.135 e. The van der Waals surface area contributed by atoms with E-state index in [1.165, 1.54) is 4.88 Å². The topological polar surface area (TPSA) is 62.7 Å². The first-order chi connectivity index (χ1) is 9.22. The average molecular weight is 277 g/mol. The highest BCUT2D eigenvalue weighted by molar-refractivity contribution is 7.09. The van der Waals surface area contributed by atoms with Gasteiger partial charge in [-0.25, -0.2) is 9.97 Å². The Hall–Kier alpha value is -1.69. The van der Waals surface area contributed by atoms with Crippen LogP contribution in [-0.2, 0) is 6.54 Å². The maximum absolute atomic E-state index is 4.36. The Morgan fingerprint density at radius 3 is 2.53 bits per heavy atom. The molecule has 0 aliphatic heterocycles. The number of thiazole rings is 1. The Bertz CT molecular complexity index is 510. The summed E-state index contributed by atoms with van der Waals surface area (Å²) in [6, 6.07) is 0. The number of nitrogens with one attached hydrogen (secondary N) is 2. The second kappa shape index (κ2) is 6.47. The molecule has 0 radical (unpaired) electrons. The molecule has 2 N–H and O–H groups in total. The van der Waals surface area contributed by atoms with Crippen LogP contribution in [0.2, 0.25) is 0 Å². The van der Waals surface area contributed by atoms with Crippen molar-refractivity contribution in [1.82, 2.24) is 15.0 Å². The first-order valence-corrected chi connectivity index (χ1v) is 7.30. The molecule has 0 unspecified atom stereocenters. The molecule has 0 saturated heterocycles. The molecule has 0 aromatic carbocycles. The van der Waals surface area contributed by atoms with Crippen LogP contribution in [-0.4, -0.2) is 21.5 Å². The number of anilines is 2. The maximum Gasteiger partial charge on any atom is 0.135 e. The van der Waals surface area contributed by atoms with E-state index in [2.05, 4.69) is 46.4 Å². The van der Waals surface area contributed by atoms with E-state index in [0.29, 0.717) is 5.92 Å². The fourth-order valence-electron chi connectivity index (χ4n) is 1.89. The second-order valence-corrected chi connectivity index (χ2v) is 5.46. The van der Waals surface area contributed by atoms with Gasteiger partial charge in [-0.05, 0) is 12.8 Å². The highest BCUT2D eigenvalue weighted by Gasteiger charge is 2.14. The normalized spacial score (nSPS) is 10.7. The molecule has 2 aromatic heterocycles. The molecule has 0 saturated carbocycles. The SMILES string of the molecule is CCNc1ncnc(NCc2cncs2)c1C(C)C. The number of aromatic nitrogens is 3. The maximum atomic E-state index is 4.36. The molecule has 2 heterocycles. The van der Waals surface area contributed by atoms with Crippen molar-refractivity contribution >= 4 is 23.0 Å². The zero-order valence-electron chi connectivity index (χ0n) is 11.5. The second-order valence-electron chi connectivity index (χ2n) is 4.49. The standard InChI is InChI=1S/C13H19N5S/c1-4-15-12-11(9(2)3)13(18-7-17-12)16-6-10-5-14-8-19-10/h5,7-9H,4,6H2,1-3H3,(H2,15,16,17,18). The summed E-state index contributed by atoms with van der Waals surface area (Å²) < 4.78 is 0. The molecule has 2 rings (SSSR count). The van der Waals surface area contributed by atoms with Gasteiger partial charge in [0.05, 0.1) is 12.1 Å². The van der Waals surface area contributed by atoms with Crippen LogP contribution in [0.15, 0.2) is 18.0 Å². The van der Waals surface area contributed by atoms with Crippen molar-refractivity contribution in [1.29, 1.82) is 0 Å². The predicted octanol–water partition coefficient (Wildman–Crippen LogP) is 3.10. The van der Waals surface area contributed by atoms with Crippen LogP contribution in [0, 0.1) is 0 Å². The van der Waals surface area contributed by atoms with Gasteiger partial charge in [-0.3, -0.25) is 4.98 Å². The first kappa shape index (κ1) is 13.7. The molecule has 19 heavy (non-hydrogen) atoms. The van der Waals surface area contributed by atoms with E-state index < -0.39 is 0 Å². The van der Waals surface area contributed by atoms with Gasteiger partial charge in [-0.2, -0.15) is 0 Å². The van der Waals surface area contributed by atoms with Crippen LogP contribution in [0.25, 0.3) is 0 Å². The molecule has 5 nitrogen and oxygen atoms in total. The summed E-state index contributed by atoms with van der Waals surface area (Å²) in [4.78, 5) is 14.0. The molecule has 2 aromatic rings. The van der Waals surface area contributed by atoms with E-state index in [9.17, 15) is 0 Å². The minimum absolute atomic E-state index is 0.360. The van der Waals surface area contributed by atoms with Crippen molar-refractivity contribution in [2.24, 2.45) is 0 Å². The van der Waals surface area contributed by atoms with Crippen molar-refractivity contribution in [2.75, 3.05) is 17.2 Å². The average Bonchev–Trinajstić information content (AvgIpc) is 2.89. The van der Waals surface area contributed by atoms with Gasteiger partial charge in [0.25, 0.3) is 0 Å². The fourth-order valence-corrected chi connectivity index (χ4v) is 2.43. The molecule has 0 bridgehead atoms. The van der Waals surface area contributed by atoms with Gasteiger partial charge in [0, 0.05) is 23.2 Å². The molecule has 0 spiro atoms. The van der Waals surface area contributed by atoms with Crippen LogP contribution in [0.3, 0.4) is 0 Å². The van der Waals surface area contributed by atoms with Crippen LogP contribution in [0.4, 0.5) is 11.6 Å². The molecule has 0 atom stereocenters. The Morgan fingerprint density at radius 1 is 1.21 bits per heavy atom. The van der Waals surface area contributed by atoms with Crippen molar-refractivity contribution in [2.45, 2.75) is 33.2 Å². The molecule has 0 aliphatic carbocycles. The lowest BCUT2D eigenvalue weighted by Gasteiger charge is -2.17. The largest absolute Gasteiger partial charge is 0.370 e. The summed E-state index contributed by atoms with van der Waals surface area (Å²) in [6.07, 6.45) is 3.47. The van der Waals surface area contributed by atoms with Gasteiger partial charge >= 0.3 is 0 Å². The van der Waals surface area contributed by atoms with Crippen LogP contribution < -0.4 is 10.6 Å². The first-order valence-electron chi connectivity index (χ1n) is 6.42. The summed E-state index contributed by atoms with van der Waals surface area (Å²) in [5.41, 5.74) is 2.97. The van der Waals surface area contributed by atoms with Gasteiger partial charge in [0.2, 0.25) is 0 Å². The summed E-state index contributed by atoms with van der Waals surface area (Å²) >= 11 is 1.64. The van der Waals surface area contributed by atoms with Crippen LogP contribution in [0.1, 0.15) is 37.1 Å². The molecule has 0 aliphatic rings. The number of nitrogens with zero attached hydrogens (tertiary/aromatic N) is 3. The lowest BCUT2D eigenvalue weighted by atomic mass is 10.0. The molecular formula is C13H19N5S. The lowest BCUT2D eigenvalue weighted by molar-refractivity contribution is 0.844. The third-order valence-electron chi connectivity index (χ3n) is 2.72. The molecule has 6 heteroatoms. The van der Waals surface area contributed by atoms with E-state index in [1.807, 2.05) is 11.7 Å². The van der Waals surface area contributed by atoms with E-state index >= 15 is 0 Å². The number of hydrogen-bond acceptors (Lipinski definition) is 6. The fraction of sp³-hybridized carbons (Fsp3) is 0.462. The predicted molar refractivity (Wildman–Crippen MR) is 79.7 cm³/mol. The molecule has 0 fully saturated rings. The Kier molecular flexibility index (Phi) is 4.68. The van der Waals surface area contributed by atoms with Crippen molar-refractivity contribution < 1.29 is 0 Å². The third-order valence-corrected chi connectivity index (χ3v) is 3.50. The van der Waals surface area contributed by atoms with E-state index in [4.69, 9.17) is 0 Å². The lowest BCUT2D eigenvalue weighted by Crippen LogP contribution is -2.10. The summed E-state index contributed by atoms with van der Waals surface area (Å²) in [5.74, 6) is 2.17. The third kappa shape index (κ3) is 3.41. The van der Waals surface area contributed by atoms with Gasteiger partial charge in [-0.15, -0.1) is 11.3 Å². The minimum Gasteiger partial charge on any atom is -0.370 e. The summed E-state index contributed by atoms with van der Waals surface area (Å²) in [7, 11) is 0. The Balaban J connectivity index is 2.20. The van der Waals surface area contributed by atoms with Crippen LogP contribution in [0.5, 0.6) is 0 Å². The molecule has 102 valence electrons. The highest BCUT2D eigenvalue weighted by Crippen LogP contribution is 2.28.